The summed E-state index contributed by atoms with van der Waals surface area (Å²) in [5.74, 6) is 5.47. The smallest absolute Gasteiger partial charge is 0.0913 e. The van der Waals surface area contributed by atoms with E-state index in [0.717, 1.165) is 22.3 Å². The van der Waals surface area contributed by atoms with Crippen LogP contribution in [0.5, 0.6) is 0 Å². The number of halogens is 1. The van der Waals surface area contributed by atoms with E-state index < -0.39 is 0 Å². The molecule has 2 aromatic rings. The Labute approximate surface area is 98.3 Å². The molecular weight excluding hydrogens is 226 g/mol. The van der Waals surface area contributed by atoms with Gasteiger partial charge in [-0.1, -0.05) is 23.7 Å². The molecule has 1 aromatic carbocycles. The van der Waals surface area contributed by atoms with Gasteiger partial charge in [0, 0.05) is 12.5 Å². The Morgan fingerprint density at radius 1 is 1.50 bits per heavy atom. The topological polar surface area (TPSA) is 60.2 Å². The predicted molar refractivity (Wildman–Crippen MR) is 65.3 cm³/mol. The number of benzene rings is 1. The van der Waals surface area contributed by atoms with Crippen LogP contribution in [0.2, 0.25) is 5.02 Å². The summed E-state index contributed by atoms with van der Waals surface area (Å²) in [4.78, 5) is 4.42. The maximum absolute atomic E-state index is 6.09. The number of pyridine rings is 1. The van der Waals surface area contributed by atoms with E-state index in [9.17, 15) is 0 Å². The van der Waals surface area contributed by atoms with E-state index in [1.54, 1.807) is 13.2 Å². The minimum Gasteiger partial charge on any atom is -0.378 e. The fourth-order valence-corrected chi connectivity index (χ4v) is 1.82. The number of nitrogen functional groups attached to an aromatic ring is 1. The van der Waals surface area contributed by atoms with Crippen LogP contribution >= 0.6 is 11.6 Å². The van der Waals surface area contributed by atoms with Gasteiger partial charge in [0.05, 0.1) is 28.5 Å². The fraction of sp³-hybridized carbons (Fsp3) is 0.182. The van der Waals surface area contributed by atoms with E-state index in [2.05, 4.69) is 10.4 Å². The van der Waals surface area contributed by atoms with Crippen LogP contribution in [0, 0.1) is 0 Å². The highest BCUT2D eigenvalue weighted by molar-refractivity contribution is 6.35. The molecule has 0 unspecified atom stereocenters. The zero-order chi connectivity index (χ0) is 11.5. The number of fused-ring (bicyclic) bond motifs is 1. The molecule has 3 N–H and O–H groups in total. The average Bonchev–Trinajstić information content (AvgIpc) is 2.30. The van der Waals surface area contributed by atoms with Crippen molar-refractivity contribution in [1.82, 2.24) is 4.98 Å². The number of rotatable bonds is 3. The average molecular weight is 238 g/mol. The summed E-state index contributed by atoms with van der Waals surface area (Å²) in [6, 6.07) is 7.43. The van der Waals surface area contributed by atoms with E-state index in [1.165, 1.54) is 0 Å². The lowest BCUT2D eigenvalue weighted by Crippen LogP contribution is -2.08. The van der Waals surface area contributed by atoms with Crippen LogP contribution in [0.4, 0.5) is 5.69 Å². The largest absolute Gasteiger partial charge is 0.378 e. The van der Waals surface area contributed by atoms with Crippen molar-refractivity contribution in [2.75, 3.05) is 12.5 Å². The Morgan fingerprint density at radius 2 is 2.31 bits per heavy atom. The van der Waals surface area contributed by atoms with E-state index in [-0.39, 0.29) is 0 Å². The first-order valence-corrected chi connectivity index (χ1v) is 5.17. The quantitative estimate of drug-likeness (QED) is 0.635. The number of nitrogens with one attached hydrogen (secondary N) is 1. The van der Waals surface area contributed by atoms with Crippen molar-refractivity contribution in [3.05, 3.63) is 35.0 Å². The first-order chi connectivity index (χ1) is 7.76. The highest BCUT2D eigenvalue weighted by atomic mass is 35.5. The van der Waals surface area contributed by atoms with Gasteiger partial charge in [-0.25, -0.2) is 4.98 Å². The number of anilines is 1. The van der Waals surface area contributed by atoms with E-state index >= 15 is 0 Å². The number of ether oxygens (including phenoxy) is 1. The van der Waals surface area contributed by atoms with Crippen LogP contribution in [0.15, 0.2) is 24.3 Å². The van der Waals surface area contributed by atoms with Crippen molar-refractivity contribution < 1.29 is 4.74 Å². The van der Waals surface area contributed by atoms with Crippen molar-refractivity contribution in [2.24, 2.45) is 5.84 Å². The lowest BCUT2D eigenvalue weighted by molar-refractivity contribution is 0.182. The minimum atomic E-state index is 0.426. The molecule has 2 rings (SSSR count). The summed E-state index contributed by atoms with van der Waals surface area (Å²) >= 11 is 6.09. The van der Waals surface area contributed by atoms with Crippen LogP contribution in [-0.2, 0) is 11.3 Å². The highest BCUT2D eigenvalue weighted by Crippen LogP contribution is 2.27. The number of nitrogens with zero attached hydrogens (tertiary/aromatic N) is 1. The molecule has 0 aliphatic rings. The second-order valence-corrected chi connectivity index (χ2v) is 3.78. The molecule has 0 bridgehead atoms. The normalized spacial score (nSPS) is 10.7. The lowest BCUT2D eigenvalue weighted by atomic mass is 10.1. The summed E-state index contributed by atoms with van der Waals surface area (Å²) in [7, 11) is 1.62. The fourth-order valence-electron chi connectivity index (χ4n) is 1.61. The lowest BCUT2D eigenvalue weighted by Gasteiger charge is -2.09. The maximum atomic E-state index is 6.09. The molecule has 5 heteroatoms. The van der Waals surface area contributed by atoms with Gasteiger partial charge in [-0.15, -0.1) is 0 Å². The Morgan fingerprint density at radius 3 is 3.00 bits per heavy atom. The summed E-state index contributed by atoms with van der Waals surface area (Å²) < 4.78 is 5.04. The molecule has 0 amide bonds. The number of hydrogen-bond acceptors (Lipinski definition) is 4. The van der Waals surface area contributed by atoms with E-state index in [4.69, 9.17) is 22.2 Å². The number of hydrazine groups is 1. The number of aromatic nitrogens is 1. The first-order valence-electron chi connectivity index (χ1n) is 4.80. The summed E-state index contributed by atoms with van der Waals surface area (Å²) in [5, 5.41) is 1.50. The Hall–Kier alpha value is -1.36. The minimum absolute atomic E-state index is 0.426. The SMILES string of the molecule is COCc1cc(NN)c2cccc(Cl)c2n1. The number of methoxy groups -OCH3 is 1. The number of hydrogen-bond donors (Lipinski definition) is 2. The van der Waals surface area contributed by atoms with Gasteiger partial charge >= 0.3 is 0 Å². The van der Waals surface area contributed by atoms with Gasteiger partial charge in [0.2, 0.25) is 0 Å². The summed E-state index contributed by atoms with van der Waals surface area (Å²) in [5.41, 5.74) is 4.95. The highest BCUT2D eigenvalue weighted by Gasteiger charge is 2.07. The molecule has 0 atom stereocenters. The van der Waals surface area contributed by atoms with Gasteiger partial charge < -0.3 is 10.2 Å². The third kappa shape index (κ3) is 1.95. The van der Waals surface area contributed by atoms with Gasteiger partial charge in [0.15, 0.2) is 0 Å². The zero-order valence-corrected chi connectivity index (χ0v) is 9.58. The second kappa shape index (κ2) is 4.65. The first kappa shape index (κ1) is 11.1. The molecule has 1 heterocycles. The molecule has 0 saturated carbocycles. The summed E-state index contributed by atoms with van der Waals surface area (Å²) in [6.07, 6.45) is 0. The van der Waals surface area contributed by atoms with E-state index in [0.29, 0.717) is 11.6 Å². The van der Waals surface area contributed by atoms with Gasteiger partial charge in [-0.05, 0) is 12.1 Å². The van der Waals surface area contributed by atoms with Crippen molar-refractivity contribution in [3.8, 4) is 0 Å². The molecule has 0 fully saturated rings. The summed E-state index contributed by atoms with van der Waals surface area (Å²) in [6.45, 7) is 0.426. The molecule has 0 aliphatic carbocycles. The third-order valence-corrected chi connectivity index (χ3v) is 2.60. The van der Waals surface area contributed by atoms with Crippen LogP contribution < -0.4 is 11.3 Å². The Bertz CT molecular complexity index is 516. The molecular formula is C11H12ClN3O. The monoisotopic (exact) mass is 237 g/mol. The molecule has 16 heavy (non-hydrogen) atoms. The van der Waals surface area contributed by atoms with Crippen molar-refractivity contribution in [2.45, 2.75) is 6.61 Å². The zero-order valence-electron chi connectivity index (χ0n) is 8.83. The predicted octanol–water partition coefficient (Wildman–Crippen LogP) is 2.32. The van der Waals surface area contributed by atoms with Crippen LogP contribution in [0.3, 0.4) is 0 Å². The van der Waals surface area contributed by atoms with Crippen molar-refractivity contribution in [1.29, 1.82) is 0 Å². The molecule has 0 saturated heterocycles. The third-order valence-electron chi connectivity index (χ3n) is 2.29. The van der Waals surface area contributed by atoms with E-state index in [1.807, 2.05) is 18.2 Å². The van der Waals surface area contributed by atoms with Gasteiger partial charge in [-0.2, -0.15) is 0 Å². The molecule has 4 nitrogen and oxygen atoms in total. The molecule has 0 spiro atoms. The Balaban J connectivity index is 2.69. The van der Waals surface area contributed by atoms with Crippen molar-refractivity contribution >= 4 is 28.2 Å². The van der Waals surface area contributed by atoms with Gasteiger partial charge in [0.1, 0.15) is 0 Å². The van der Waals surface area contributed by atoms with Crippen LogP contribution in [0.1, 0.15) is 5.69 Å². The van der Waals surface area contributed by atoms with Crippen LogP contribution in [0.25, 0.3) is 10.9 Å². The van der Waals surface area contributed by atoms with Gasteiger partial charge in [0.25, 0.3) is 0 Å². The number of para-hydroxylation sites is 1. The standard InChI is InChI=1S/C11H12ClN3O/c1-16-6-7-5-10(15-13)8-3-2-4-9(12)11(8)14-7/h2-5H,6,13H2,1H3,(H,14,15). The van der Waals surface area contributed by atoms with Crippen LogP contribution in [-0.4, -0.2) is 12.1 Å². The molecule has 0 aliphatic heterocycles. The number of nitrogens with two attached hydrogens (primary N) is 1. The van der Waals surface area contributed by atoms with Gasteiger partial charge in [-0.3, -0.25) is 5.84 Å². The Kier molecular flexibility index (Phi) is 3.24. The molecule has 84 valence electrons. The maximum Gasteiger partial charge on any atom is 0.0913 e. The van der Waals surface area contributed by atoms with Crippen molar-refractivity contribution in [3.63, 3.8) is 0 Å². The second-order valence-electron chi connectivity index (χ2n) is 3.37. The molecule has 0 radical (unpaired) electrons. The molecule has 1 aromatic heterocycles.